The Hall–Kier alpha value is -7.43. The molecular weight excluding hydrogens is 671 g/mol. The molecule has 0 spiro atoms. The van der Waals surface area contributed by atoms with Crippen LogP contribution in [-0.2, 0) is 0 Å². The highest BCUT2D eigenvalue weighted by atomic mass is 16.3. The number of nitrogens with zero attached hydrogens (tertiary/aromatic N) is 3. The fourth-order valence-corrected chi connectivity index (χ4v) is 8.07. The Bertz CT molecular complexity index is 3160. The van der Waals surface area contributed by atoms with Gasteiger partial charge in [0.1, 0.15) is 5.52 Å². The molecule has 0 radical (unpaired) electrons. The molecule has 55 heavy (non-hydrogen) atoms. The molecule has 0 N–H and O–H groups in total. The van der Waals surface area contributed by atoms with Crippen LogP contribution in [-0.4, -0.2) is 9.55 Å². The van der Waals surface area contributed by atoms with E-state index in [0.29, 0.717) is 5.89 Å². The van der Waals surface area contributed by atoms with Crippen molar-refractivity contribution in [2.45, 2.75) is 0 Å². The Morgan fingerprint density at radius 1 is 0.400 bits per heavy atom. The molecule has 0 aliphatic rings. The van der Waals surface area contributed by atoms with E-state index in [4.69, 9.17) is 9.40 Å². The Morgan fingerprint density at radius 3 is 1.82 bits per heavy atom. The van der Waals surface area contributed by atoms with Gasteiger partial charge in [-0.05, 0) is 130 Å². The van der Waals surface area contributed by atoms with E-state index in [0.717, 1.165) is 39.4 Å². The van der Waals surface area contributed by atoms with Crippen molar-refractivity contribution in [3.8, 4) is 28.3 Å². The molecule has 2 heterocycles. The van der Waals surface area contributed by atoms with E-state index < -0.39 is 0 Å². The fourth-order valence-electron chi connectivity index (χ4n) is 8.07. The summed E-state index contributed by atoms with van der Waals surface area (Å²) in [5, 5.41) is 7.25. The van der Waals surface area contributed by atoms with Crippen LogP contribution in [0.2, 0.25) is 0 Å². The lowest BCUT2D eigenvalue weighted by molar-refractivity contribution is 0.620. The Labute approximate surface area is 317 Å². The summed E-state index contributed by atoms with van der Waals surface area (Å²) in [7, 11) is 0. The quantitative estimate of drug-likeness (QED) is 0.173. The van der Waals surface area contributed by atoms with Gasteiger partial charge in [-0.3, -0.25) is 0 Å². The molecule has 11 aromatic rings. The van der Waals surface area contributed by atoms with E-state index in [1.807, 2.05) is 24.3 Å². The molecule has 0 saturated carbocycles. The highest BCUT2D eigenvalue weighted by Gasteiger charge is 2.19. The maximum atomic E-state index is 6.14. The maximum absolute atomic E-state index is 6.14. The van der Waals surface area contributed by atoms with Gasteiger partial charge in [0.05, 0.1) is 11.0 Å². The summed E-state index contributed by atoms with van der Waals surface area (Å²) in [4.78, 5) is 7.12. The minimum Gasteiger partial charge on any atom is -0.436 e. The van der Waals surface area contributed by atoms with Crippen molar-refractivity contribution < 1.29 is 4.42 Å². The molecule has 11 rings (SSSR count). The lowest BCUT2D eigenvalue weighted by Gasteiger charge is -2.26. The summed E-state index contributed by atoms with van der Waals surface area (Å²) in [6.07, 6.45) is 0. The Kier molecular flexibility index (Phi) is 7.14. The molecule has 258 valence electrons. The van der Waals surface area contributed by atoms with Gasteiger partial charge in [-0.1, -0.05) is 103 Å². The van der Waals surface area contributed by atoms with Gasteiger partial charge in [0, 0.05) is 39.1 Å². The number of fused-ring (bicyclic) bond motifs is 6. The second-order valence-corrected chi connectivity index (χ2v) is 14.1. The van der Waals surface area contributed by atoms with Gasteiger partial charge in [-0.15, -0.1) is 0 Å². The average molecular weight is 704 g/mol. The topological polar surface area (TPSA) is 34.2 Å². The van der Waals surface area contributed by atoms with E-state index in [1.54, 1.807) is 0 Å². The van der Waals surface area contributed by atoms with E-state index in [2.05, 4.69) is 185 Å². The SMILES string of the molecule is c1ccc(-c2ccc3cc(N(c4ccc(-c5nc6ccccc6o5)cc4)c4ccc5c(c4)c4cc6ccccc6cc4n5-c4ccccc4)ccc3c2)cc1. The summed E-state index contributed by atoms with van der Waals surface area (Å²) in [5.74, 6) is 0.613. The van der Waals surface area contributed by atoms with E-state index >= 15 is 0 Å². The molecule has 0 bridgehead atoms. The van der Waals surface area contributed by atoms with Crippen LogP contribution in [0.5, 0.6) is 0 Å². The first-order chi connectivity index (χ1) is 27.2. The number of hydrogen-bond acceptors (Lipinski definition) is 3. The van der Waals surface area contributed by atoms with Crippen molar-refractivity contribution in [1.29, 1.82) is 0 Å². The zero-order valence-electron chi connectivity index (χ0n) is 29.8. The zero-order chi connectivity index (χ0) is 36.3. The number of benzene rings is 9. The fraction of sp³-hybridized carbons (Fsp3) is 0. The molecule has 0 amide bonds. The van der Waals surface area contributed by atoms with Crippen molar-refractivity contribution >= 4 is 71.5 Å². The van der Waals surface area contributed by atoms with Gasteiger partial charge >= 0.3 is 0 Å². The number of aromatic nitrogens is 2. The molecule has 0 atom stereocenters. The van der Waals surface area contributed by atoms with Gasteiger partial charge in [0.2, 0.25) is 5.89 Å². The number of oxazole rings is 1. The normalized spacial score (nSPS) is 11.6. The molecule has 2 aromatic heterocycles. The van der Waals surface area contributed by atoms with E-state index in [9.17, 15) is 0 Å². The smallest absolute Gasteiger partial charge is 0.227 e. The van der Waals surface area contributed by atoms with Crippen LogP contribution in [0.25, 0.3) is 82.7 Å². The third kappa shape index (κ3) is 5.34. The largest absolute Gasteiger partial charge is 0.436 e. The number of anilines is 3. The predicted octanol–water partition coefficient (Wildman–Crippen LogP) is 14.0. The van der Waals surface area contributed by atoms with Gasteiger partial charge in [0.15, 0.2) is 5.58 Å². The second-order valence-electron chi connectivity index (χ2n) is 14.1. The highest BCUT2D eigenvalue weighted by molar-refractivity contribution is 6.14. The highest BCUT2D eigenvalue weighted by Crippen LogP contribution is 2.42. The zero-order valence-corrected chi connectivity index (χ0v) is 29.8. The summed E-state index contributed by atoms with van der Waals surface area (Å²) in [6, 6.07) is 71.3. The van der Waals surface area contributed by atoms with E-state index in [1.165, 1.54) is 54.5 Å². The Balaban J connectivity index is 1.10. The summed E-state index contributed by atoms with van der Waals surface area (Å²) in [5.41, 5.74) is 11.7. The molecule has 4 heteroatoms. The van der Waals surface area contributed by atoms with Crippen molar-refractivity contribution in [2.75, 3.05) is 4.90 Å². The van der Waals surface area contributed by atoms with Crippen molar-refractivity contribution in [3.63, 3.8) is 0 Å². The first kappa shape index (κ1) is 31.1. The number of para-hydroxylation sites is 3. The summed E-state index contributed by atoms with van der Waals surface area (Å²) >= 11 is 0. The summed E-state index contributed by atoms with van der Waals surface area (Å²) < 4.78 is 8.53. The lowest BCUT2D eigenvalue weighted by atomic mass is 10.0. The van der Waals surface area contributed by atoms with Crippen LogP contribution in [0.1, 0.15) is 0 Å². The lowest BCUT2D eigenvalue weighted by Crippen LogP contribution is -2.10. The van der Waals surface area contributed by atoms with Crippen LogP contribution in [0, 0.1) is 0 Å². The summed E-state index contributed by atoms with van der Waals surface area (Å²) in [6.45, 7) is 0. The average Bonchev–Trinajstić information content (AvgIpc) is 3.83. The Morgan fingerprint density at radius 2 is 1.00 bits per heavy atom. The number of rotatable bonds is 6. The van der Waals surface area contributed by atoms with Crippen LogP contribution >= 0.6 is 0 Å². The van der Waals surface area contributed by atoms with Gasteiger partial charge in [0.25, 0.3) is 0 Å². The maximum Gasteiger partial charge on any atom is 0.227 e. The molecule has 0 unspecified atom stereocenters. The molecule has 0 saturated heterocycles. The number of hydrogen-bond donors (Lipinski definition) is 0. The van der Waals surface area contributed by atoms with E-state index in [-0.39, 0.29) is 0 Å². The van der Waals surface area contributed by atoms with Gasteiger partial charge < -0.3 is 13.9 Å². The van der Waals surface area contributed by atoms with Gasteiger partial charge in [-0.2, -0.15) is 0 Å². The first-order valence-corrected chi connectivity index (χ1v) is 18.6. The van der Waals surface area contributed by atoms with Crippen LogP contribution in [0.4, 0.5) is 17.1 Å². The molecule has 9 aromatic carbocycles. The van der Waals surface area contributed by atoms with Crippen LogP contribution in [0.15, 0.2) is 205 Å². The minimum atomic E-state index is 0.613. The third-order valence-corrected chi connectivity index (χ3v) is 10.7. The van der Waals surface area contributed by atoms with Crippen LogP contribution < -0.4 is 4.90 Å². The molecule has 0 aliphatic heterocycles. The van der Waals surface area contributed by atoms with Crippen LogP contribution in [0.3, 0.4) is 0 Å². The molecule has 0 fully saturated rings. The molecule has 0 aliphatic carbocycles. The standard InChI is InChI=1S/C51H33N3O/c1-3-11-34(12-4-1)38-19-20-40-30-43(26-23-39(40)29-38)53(42-24-21-35(22-25-42)51-52-47-17-9-10-18-50(47)55-51)44-27-28-48-46(33-44)45-31-36-13-7-8-14-37(36)32-49(45)54(48)41-15-5-2-6-16-41/h1-33H. The minimum absolute atomic E-state index is 0.613. The monoisotopic (exact) mass is 703 g/mol. The molecule has 4 nitrogen and oxygen atoms in total. The van der Waals surface area contributed by atoms with Crippen molar-refractivity contribution in [3.05, 3.63) is 200 Å². The van der Waals surface area contributed by atoms with Crippen molar-refractivity contribution in [1.82, 2.24) is 9.55 Å². The predicted molar refractivity (Wildman–Crippen MR) is 229 cm³/mol. The van der Waals surface area contributed by atoms with Gasteiger partial charge in [-0.25, -0.2) is 4.98 Å². The third-order valence-electron chi connectivity index (χ3n) is 10.7. The first-order valence-electron chi connectivity index (χ1n) is 18.6. The molecular formula is C51H33N3O. The van der Waals surface area contributed by atoms with Crippen molar-refractivity contribution in [2.24, 2.45) is 0 Å². The second kappa shape index (κ2) is 12.6.